The van der Waals surface area contributed by atoms with Crippen LogP contribution in [0.15, 0.2) is 36.4 Å². The van der Waals surface area contributed by atoms with E-state index in [1.54, 1.807) is 20.3 Å². The van der Waals surface area contributed by atoms with Crippen molar-refractivity contribution in [1.29, 1.82) is 0 Å². The first kappa shape index (κ1) is 20.9. The van der Waals surface area contributed by atoms with Crippen molar-refractivity contribution < 1.29 is 19.4 Å². The SMILES string of the molecule is COCCCN1C(=O)c2[nH]nc(-c3c(C)cc(C)cc3O)c2C1c1ccc(OC)cc1. The Labute approximate surface area is 181 Å². The molecule has 0 fully saturated rings. The van der Waals surface area contributed by atoms with Gasteiger partial charge in [0.2, 0.25) is 0 Å². The third kappa shape index (κ3) is 3.65. The maximum Gasteiger partial charge on any atom is 0.273 e. The molecular formula is C24H27N3O4. The third-order valence-corrected chi connectivity index (χ3v) is 5.74. The number of carbonyl (C=O) groups is 1. The first-order valence-electron chi connectivity index (χ1n) is 10.3. The highest BCUT2D eigenvalue weighted by Gasteiger charge is 2.42. The van der Waals surface area contributed by atoms with Crippen LogP contribution in [-0.2, 0) is 4.74 Å². The zero-order valence-electron chi connectivity index (χ0n) is 18.2. The molecule has 0 radical (unpaired) electrons. The fourth-order valence-corrected chi connectivity index (χ4v) is 4.38. The van der Waals surface area contributed by atoms with Gasteiger partial charge in [0.25, 0.3) is 5.91 Å². The maximum absolute atomic E-state index is 13.3. The highest BCUT2D eigenvalue weighted by molar-refractivity contribution is 6.00. The van der Waals surface area contributed by atoms with Crippen LogP contribution in [0.4, 0.5) is 0 Å². The standard InChI is InChI=1S/C24H27N3O4/c1-14-12-15(2)19(18(28)13-14)21-20-22(26-25-21)24(29)27(10-5-11-30-3)23(20)16-6-8-17(31-4)9-7-16/h6-9,12-13,23,28H,5,10-11H2,1-4H3,(H,25,26). The van der Waals surface area contributed by atoms with E-state index in [9.17, 15) is 9.90 Å². The fourth-order valence-electron chi connectivity index (χ4n) is 4.38. The molecule has 162 valence electrons. The van der Waals surface area contributed by atoms with Gasteiger partial charge < -0.3 is 19.5 Å². The van der Waals surface area contributed by atoms with Gasteiger partial charge in [0.15, 0.2) is 0 Å². The van der Waals surface area contributed by atoms with Gasteiger partial charge in [-0.15, -0.1) is 0 Å². The van der Waals surface area contributed by atoms with Gasteiger partial charge in [-0.1, -0.05) is 18.2 Å². The first-order chi connectivity index (χ1) is 15.0. The summed E-state index contributed by atoms with van der Waals surface area (Å²) >= 11 is 0. The Morgan fingerprint density at radius 3 is 2.55 bits per heavy atom. The number of aromatic hydroxyl groups is 1. The number of phenolic OH excluding ortho intramolecular Hbond substituents is 1. The number of benzene rings is 2. The van der Waals surface area contributed by atoms with Crippen LogP contribution < -0.4 is 4.74 Å². The monoisotopic (exact) mass is 421 g/mol. The van der Waals surface area contributed by atoms with Crippen molar-refractivity contribution >= 4 is 5.91 Å². The van der Waals surface area contributed by atoms with Gasteiger partial charge in [-0.05, 0) is 55.2 Å². The van der Waals surface area contributed by atoms with Gasteiger partial charge in [0.1, 0.15) is 22.9 Å². The van der Waals surface area contributed by atoms with E-state index in [-0.39, 0.29) is 17.7 Å². The number of aryl methyl sites for hydroxylation is 2. The molecule has 1 amide bonds. The van der Waals surface area contributed by atoms with Crippen LogP contribution in [0.25, 0.3) is 11.3 Å². The largest absolute Gasteiger partial charge is 0.507 e. The van der Waals surface area contributed by atoms with E-state index < -0.39 is 0 Å². The summed E-state index contributed by atoms with van der Waals surface area (Å²) in [5.74, 6) is 0.805. The molecule has 0 spiro atoms. The summed E-state index contributed by atoms with van der Waals surface area (Å²) in [7, 11) is 3.28. The molecule has 0 bridgehead atoms. The highest BCUT2D eigenvalue weighted by atomic mass is 16.5. The lowest BCUT2D eigenvalue weighted by Crippen LogP contribution is -2.31. The van der Waals surface area contributed by atoms with Crippen LogP contribution in [0.5, 0.6) is 11.5 Å². The second-order valence-electron chi connectivity index (χ2n) is 7.86. The van der Waals surface area contributed by atoms with Crippen molar-refractivity contribution in [2.24, 2.45) is 0 Å². The average Bonchev–Trinajstić information content (AvgIpc) is 3.27. The molecular weight excluding hydrogens is 394 g/mol. The number of phenols is 1. The second kappa shape index (κ2) is 8.43. The number of carbonyl (C=O) groups excluding carboxylic acids is 1. The smallest absolute Gasteiger partial charge is 0.273 e. The van der Waals surface area contributed by atoms with E-state index in [0.717, 1.165) is 34.4 Å². The number of hydrogen-bond donors (Lipinski definition) is 2. The van der Waals surface area contributed by atoms with Gasteiger partial charge in [-0.25, -0.2) is 0 Å². The molecule has 7 heteroatoms. The number of fused-ring (bicyclic) bond motifs is 1. The van der Waals surface area contributed by atoms with Gasteiger partial charge in [0.05, 0.1) is 13.2 Å². The third-order valence-electron chi connectivity index (χ3n) is 5.74. The maximum atomic E-state index is 13.3. The number of hydrogen-bond acceptors (Lipinski definition) is 5. The minimum atomic E-state index is -0.320. The number of amides is 1. The molecule has 2 N–H and O–H groups in total. The Morgan fingerprint density at radius 2 is 1.90 bits per heavy atom. The molecule has 7 nitrogen and oxygen atoms in total. The zero-order chi connectivity index (χ0) is 22.1. The lowest BCUT2D eigenvalue weighted by Gasteiger charge is -2.26. The Hall–Kier alpha value is -3.32. The lowest BCUT2D eigenvalue weighted by molar-refractivity contribution is 0.0723. The highest BCUT2D eigenvalue weighted by Crippen LogP contribution is 2.45. The number of rotatable bonds is 7. The molecule has 31 heavy (non-hydrogen) atoms. The quantitative estimate of drug-likeness (QED) is 0.563. The van der Waals surface area contributed by atoms with Crippen LogP contribution >= 0.6 is 0 Å². The van der Waals surface area contributed by atoms with E-state index in [2.05, 4.69) is 10.2 Å². The summed E-state index contributed by atoms with van der Waals surface area (Å²) in [6.45, 7) is 4.99. The molecule has 4 rings (SSSR count). The van der Waals surface area contributed by atoms with Crippen molar-refractivity contribution in [3.05, 3.63) is 64.3 Å². The Morgan fingerprint density at radius 1 is 1.16 bits per heavy atom. The molecule has 1 aromatic heterocycles. The van der Waals surface area contributed by atoms with E-state index in [4.69, 9.17) is 9.47 Å². The van der Waals surface area contributed by atoms with Gasteiger partial charge in [-0.2, -0.15) is 5.10 Å². The number of methoxy groups -OCH3 is 2. The molecule has 2 aromatic carbocycles. The van der Waals surface area contributed by atoms with Crippen LogP contribution in [0.2, 0.25) is 0 Å². The predicted molar refractivity (Wildman–Crippen MR) is 118 cm³/mol. The number of ether oxygens (including phenoxy) is 2. The molecule has 1 atom stereocenters. The van der Waals surface area contributed by atoms with Crippen LogP contribution in [-0.4, -0.2) is 53.5 Å². The number of nitrogens with zero attached hydrogens (tertiary/aromatic N) is 2. The summed E-state index contributed by atoms with van der Waals surface area (Å²) in [5, 5.41) is 18.1. The summed E-state index contributed by atoms with van der Waals surface area (Å²) in [4.78, 5) is 15.1. The molecule has 1 aliphatic heterocycles. The number of aromatic amines is 1. The predicted octanol–water partition coefficient (Wildman–Crippen LogP) is 3.99. The fraction of sp³-hybridized carbons (Fsp3) is 0.333. The van der Waals surface area contributed by atoms with Crippen molar-refractivity contribution in [3.63, 3.8) is 0 Å². The van der Waals surface area contributed by atoms with Crippen molar-refractivity contribution in [2.75, 3.05) is 27.4 Å². The Balaban J connectivity index is 1.86. The first-order valence-corrected chi connectivity index (χ1v) is 10.3. The summed E-state index contributed by atoms with van der Waals surface area (Å²) in [6, 6.07) is 11.1. The number of H-pyrrole nitrogens is 1. The Bertz CT molecular complexity index is 1080. The number of aromatic nitrogens is 2. The minimum Gasteiger partial charge on any atom is -0.507 e. The second-order valence-corrected chi connectivity index (χ2v) is 7.86. The minimum absolute atomic E-state index is 0.102. The van der Waals surface area contributed by atoms with E-state index in [1.165, 1.54) is 0 Å². The van der Waals surface area contributed by atoms with Gasteiger partial charge in [-0.3, -0.25) is 9.89 Å². The van der Waals surface area contributed by atoms with Crippen molar-refractivity contribution in [2.45, 2.75) is 26.3 Å². The summed E-state index contributed by atoms with van der Waals surface area (Å²) in [5.41, 5.74) is 5.33. The molecule has 0 saturated carbocycles. The van der Waals surface area contributed by atoms with E-state index >= 15 is 0 Å². The van der Waals surface area contributed by atoms with Gasteiger partial charge in [0, 0.05) is 31.4 Å². The lowest BCUT2D eigenvalue weighted by atomic mass is 9.93. The molecule has 0 aliphatic carbocycles. The zero-order valence-corrected chi connectivity index (χ0v) is 18.2. The molecule has 2 heterocycles. The van der Waals surface area contributed by atoms with Crippen LogP contribution in [0.1, 0.15) is 45.2 Å². The summed E-state index contributed by atoms with van der Waals surface area (Å²) in [6.07, 6.45) is 0.719. The van der Waals surface area contributed by atoms with Crippen molar-refractivity contribution in [3.8, 4) is 22.8 Å². The topological polar surface area (TPSA) is 87.7 Å². The number of nitrogens with one attached hydrogen (secondary N) is 1. The molecule has 3 aromatic rings. The summed E-state index contributed by atoms with van der Waals surface area (Å²) < 4.78 is 10.5. The molecule has 1 aliphatic rings. The normalized spacial score (nSPS) is 15.4. The Kier molecular flexibility index (Phi) is 5.69. The average molecular weight is 421 g/mol. The van der Waals surface area contributed by atoms with Crippen molar-refractivity contribution in [1.82, 2.24) is 15.1 Å². The molecule has 0 saturated heterocycles. The van der Waals surface area contributed by atoms with E-state index in [0.29, 0.717) is 30.1 Å². The van der Waals surface area contributed by atoms with Crippen LogP contribution in [0.3, 0.4) is 0 Å². The van der Waals surface area contributed by atoms with E-state index in [1.807, 2.05) is 49.1 Å². The van der Waals surface area contributed by atoms with Gasteiger partial charge >= 0.3 is 0 Å². The van der Waals surface area contributed by atoms with Crippen LogP contribution in [0, 0.1) is 13.8 Å². The molecule has 1 unspecified atom stereocenters.